The summed E-state index contributed by atoms with van der Waals surface area (Å²) in [6, 6.07) is -0.821. The van der Waals surface area contributed by atoms with E-state index in [1.807, 2.05) is 0 Å². The number of amides is 2. The maximum atomic E-state index is 10.9. The molecule has 0 aliphatic rings. The van der Waals surface area contributed by atoms with Crippen molar-refractivity contribution in [1.29, 1.82) is 0 Å². The second kappa shape index (κ2) is 12.2. The van der Waals surface area contributed by atoms with Gasteiger partial charge >= 0.3 is 5.97 Å². The van der Waals surface area contributed by atoms with E-state index in [1.165, 1.54) is 13.8 Å². The third-order valence-electron chi connectivity index (χ3n) is 1.91. The highest BCUT2D eigenvalue weighted by Crippen LogP contribution is 2.35. The van der Waals surface area contributed by atoms with Crippen molar-refractivity contribution in [3.8, 4) is 0 Å². The monoisotopic (exact) mass is 339 g/mol. The molecule has 0 aromatic heterocycles. The van der Waals surface area contributed by atoms with Crippen molar-refractivity contribution in [2.45, 2.75) is 32.7 Å². The lowest BCUT2D eigenvalue weighted by Gasteiger charge is -2.12. The Morgan fingerprint density at radius 1 is 1.15 bits per heavy atom. The molecule has 0 heterocycles. The number of aliphatic carboxylic acids is 1. The smallest absolute Gasteiger partial charge is 0.326 e. The van der Waals surface area contributed by atoms with Crippen LogP contribution in [0.2, 0.25) is 0 Å². The molecule has 0 aliphatic carbocycles. The molecule has 115 valence electrons. The molecule has 3 N–H and O–H groups in total. The number of hydrogen-bond acceptors (Lipinski definition) is 6. The highest BCUT2D eigenvalue weighted by atomic mass is 33.5. The van der Waals surface area contributed by atoms with Crippen LogP contribution < -0.4 is 10.6 Å². The Balaban J connectivity index is 3.48. The number of rotatable bonds is 11. The zero-order valence-corrected chi connectivity index (χ0v) is 13.8. The summed E-state index contributed by atoms with van der Waals surface area (Å²) in [4.78, 5) is 32.2. The van der Waals surface area contributed by atoms with E-state index in [2.05, 4.69) is 10.6 Å². The van der Waals surface area contributed by atoms with E-state index in [4.69, 9.17) is 5.11 Å². The van der Waals surface area contributed by atoms with Crippen molar-refractivity contribution in [1.82, 2.24) is 10.6 Å². The SMILES string of the molecule is CC(=O)N[CH]CCSSSCC[C@H](NC(C)=O)C(=O)O. The van der Waals surface area contributed by atoms with Crippen LogP contribution in [0.1, 0.15) is 26.7 Å². The molecule has 6 nitrogen and oxygen atoms in total. The lowest BCUT2D eigenvalue weighted by Crippen LogP contribution is -2.39. The number of nitrogens with one attached hydrogen (secondary N) is 2. The second-order valence-electron chi connectivity index (χ2n) is 3.79. The lowest BCUT2D eigenvalue weighted by atomic mass is 10.2. The van der Waals surface area contributed by atoms with E-state index in [0.29, 0.717) is 12.2 Å². The predicted molar refractivity (Wildman–Crippen MR) is 85.1 cm³/mol. The summed E-state index contributed by atoms with van der Waals surface area (Å²) in [5.74, 6) is 0.0899. The Labute approximate surface area is 130 Å². The summed E-state index contributed by atoms with van der Waals surface area (Å²) < 4.78 is 0. The molecule has 0 fully saturated rings. The first kappa shape index (κ1) is 19.5. The summed E-state index contributed by atoms with van der Waals surface area (Å²) in [5, 5.41) is 13.9. The molecule has 0 unspecified atom stereocenters. The van der Waals surface area contributed by atoms with Gasteiger partial charge in [0.2, 0.25) is 11.8 Å². The molecule has 0 aliphatic heterocycles. The van der Waals surface area contributed by atoms with E-state index in [-0.39, 0.29) is 11.8 Å². The quantitative estimate of drug-likeness (QED) is 0.389. The summed E-state index contributed by atoms with van der Waals surface area (Å²) in [5.41, 5.74) is 0. The summed E-state index contributed by atoms with van der Waals surface area (Å²) in [6.07, 6.45) is 1.17. The van der Waals surface area contributed by atoms with Gasteiger partial charge in [-0.05, 0) is 22.7 Å². The maximum Gasteiger partial charge on any atom is 0.326 e. The van der Waals surface area contributed by atoms with Gasteiger partial charge in [0.15, 0.2) is 0 Å². The topological polar surface area (TPSA) is 95.5 Å². The first-order chi connectivity index (χ1) is 9.43. The first-order valence-corrected chi connectivity index (χ1v) is 9.75. The van der Waals surface area contributed by atoms with Crippen LogP contribution in [0.25, 0.3) is 0 Å². The molecular formula is C11H19N2O4S3. The van der Waals surface area contributed by atoms with Crippen LogP contribution >= 0.6 is 31.4 Å². The van der Waals surface area contributed by atoms with Crippen molar-refractivity contribution in [2.75, 3.05) is 11.5 Å². The molecule has 1 atom stereocenters. The van der Waals surface area contributed by atoms with Crippen LogP contribution in [-0.4, -0.2) is 40.4 Å². The Bertz CT molecular complexity index is 329. The Morgan fingerprint density at radius 2 is 1.80 bits per heavy atom. The fraction of sp³-hybridized carbons (Fsp3) is 0.636. The third kappa shape index (κ3) is 12.5. The largest absolute Gasteiger partial charge is 0.480 e. The minimum absolute atomic E-state index is 0.0743. The van der Waals surface area contributed by atoms with Gasteiger partial charge in [0.1, 0.15) is 6.04 Å². The van der Waals surface area contributed by atoms with Gasteiger partial charge in [-0.15, -0.1) is 0 Å². The molecule has 9 heteroatoms. The van der Waals surface area contributed by atoms with Crippen LogP contribution in [0, 0.1) is 6.54 Å². The zero-order chi connectivity index (χ0) is 15.4. The molecule has 0 spiro atoms. The Hall–Kier alpha value is -0.540. The average molecular weight is 339 g/mol. The summed E-state index contributed by atoms with van der Waals surface area (Å²) in [7, 11) is 4.78. The number of carboxylic acid groups (broad SMARTS) is 1. The third-order valence-corrected chi connectivity index (χ3v) is 6.22. The predicted octanol–water partition coefficient (Wildman–Crippen LogP) is 1.68. The number of carbonyl (C=O) groups is 3. The van der Waals surface area contributed by atoms with Gasteiger partial charge in [-0.3, -0.25) is 9.59 Å². The zero-order valence-electron chi connectivity index (χ0n) is 11.4. The molecule has 0 saturated carbocycles. The molecule has 0 aromatic carbocycles. The maximum absolute atomic E-state index is 10.9. The molecule has 0 rings (SSSR count). The van der Waals surface area contributed by atoms with Crippen molar-refractivity contribution in [3.63, 3.8) is 0 Å². The van der Waals surface area contributed by atoms with Crippen molar-refractivity contribution in [2.24, 2.45) is 0 Å². The van der Waals surface area contributed by atoms with E-state index in [9.17, 15) is 14.4 Å². The van der Waals surface area contributed by atoms with Crippen molar-refractivity contribution in [3.05, 3.63) is 6.54 Å². The van der Waals surface area contributed by atoms with Gasteiger partial charge in [-0.2, -0.15) is 0 Å². The lowest BCUT2D eigenvalue weighted by molar-refractivity contribution is -0.141. The average Bonchev–Trinajstić information content (AvgIpc) is 2.34. The van der Waals surface area contributed by atoms with E-state index >= 15 is 0 Å². The fourth-order valence-corrected chi connectivity index (χ4v) is 4.87. The fourth-order valence-electron chi connectivity index (χ4n) is 1.09. The Kier molecular flexibility index (Phi) is 11.9. The van der Waals surface area contributed by atoms with Crippen LogP contribution in [0.5, 0.6) is 0 Å². The highest BCUT2D eigenvalue weighted by Gasteiger charge is 2.17. The van der Waals surface area contributed by atoms with Gasteiger partial charge in [0.25, 0.3) is 0 Å². The van der Waals surface area contributed by atoms with Gasteiger partial charge < -0.3 is 15.7 Å². The normalized spacial score (nSPS) is 11.7. The van der Waals surface area contributed by atoms with Crippen molar-refractivity contribution < 1.29 is 19.5 Å². The molecular weight excluding hydrogens is 320 g/mol. The molecule has 2 amide bonds. The summed E-state index contributed by atoms with van der Waals surface area (Å²) in [6.45, 7) is 4.49. The molecule has 20 heavy (non-hydrogen) atoms. The van der Waals surface area contributed by atoms with Crippen LogP contribution in [-0.2, 0) is 14.4 Å². The minimum Gasteiger partial charge on any atom is -0.480 e. The van der Waals surface area contributed by atoms with E-state index in [0.717, 1.165) is 12.2 Å². The minimum atomic E-state index is -1.01. The van der Waals surface area contributed by atoms with Crippen molar-refractivity contribution >= 4 is 49.2 Å². The number of carbonyl (C=O) groups excluding carboxylic acids is 2. The number of hydrogen-bond donors (Lipinski definition) is 3. The van der Waals surface area contributed by atoms with E-state index in [1.54, 1.807) is 38.0 Å². The van der Waals surface area contributed by atoms with Gasteiger partial charge in [0.05, 0.1) is 0 Å². The van der Waals surface area contributed by atoms with Crippen LogP contribution in [0.3, 0.4) is 0 Å². The van der Waals surface area contributed by atoms with Crippen LogP contribution in [0.15, 0.2) is 0 Å². The van der Waals surface area contributed by atoms with Gasteiger partial charge in [-0.1, -0.05) is 21.6 Å². The first-order valence-electron chi connectivity index (χ1n) is 5.93. The molecule has 1 radical (unpaired) electrons. The highest BCUT2D eigenvalue weighted by molar-refractivity contribution is 9.09. The molecule has 0 aromatic rings. The molecule has 0 saturated heterocycles. The van der Waals surface area contributed by atoms with E-state index < -0.39 is 12.0 Å². The molecule has 0 bridgehead atoms. The van der Waals surface area contributed by atoms with Gasteiger partial charge in [-0.25, -0.2) is 4.79 Å². The summed E-state index contributed by atoms with van der Waals surface area (Å²) >= 11 is 0. The second-order valence-corrected chi connectivity index (χ2v) is 8.26. The van der Waals surface area contributed by atoms with Gasteiger partial charge in [0, 0.05) is 31.9 Å². The van der Waals surface area contributed by atoms with Crippen LogP contribution in [0.4, 0.5) is 0 Å². The standard InChI is InChI=1S/C11H19N2O4S3/c1-8(14)12-5-3-6-18-20-19-7-4-10(11(16)17)13-9(2)15/h5,10H,3-4,6-7H2,1-2H3,(H,12,14)(H,13,15)(H,16,17)/t10-/m0/s1. The Morgan fingerprint density at radius 3 is 2.35 bits per heavy atom. The number of carboxylic acids is 1.